The molecule has 0 spiro atoms. The number of benzene rings is 2. The Labute approximate surface area is 165 Å². The number of piperidine rings is 1. The van der Waals surface area contributed by atoms with Gasteiger partial charge in [-0.05, 0) is 36.5 Å². The number of rotatable bonds is 3. The predicted octanol–water partition coefficient (Wildman–Crippen LogP) is 3.05. The highest BCUT2D eigenvalue weighted by atomic mass is 32.2. The molecule has 0 saturated carbocycles. The number of hydrazone groups is 1. The number of amides is 1. The summed E-state index contributed by atoms with van der Waals surface area (Å²) in [7, 11) is -3.95. The summed E-state index contributed by atoms with van der Waals surface area (Å²) in [6.45, 7) is 3.67. The van der Waals surface area contributed by atoms with Crippen LogP contribution in [0.4, 0.5) is 5.69 Å². The summed E-state index contributed by atoms with van der Waals surface area (Å²) < 4.78 is 26.3. The van der Waals surface area contributed by atoms with E-state index < -0.39 is 15.7 Å². The molecule has 0 atom stereocenters. The van der Waals surface area contributed by atoms with Crippen LogP contribution < -0.4 is 5.01 Å². The van der Waals surface area contributed by atoms with Crippen molar-refractivity contribution in [2.75, 3.05) is 18.1 Å². The maximum Gasteiger partial charge on any atom is 0.286 e. The van der Waals surface area contributed by atoms with Crippen LogP contribution in [0.25, 0.3) is 0 Å². The molecule has 2 aromatic rings. The molecule has 2 aliphatic heterocycles. The van der Waals surface area contributed by atoms with E-state index in [1.54, 1.807) is 34.2 Å². The minimum absolute atomic E-state index is 0.134. The Kier molecular flexibility index (Phi) is 4.93. The lowest BCUT2D eigenvalue weighted by Crippen LogP contribution is -2.46. The third-order valence-corrected chi connectivity index (χ3v) is 7.02. The first-order valence-electron chi connectivity index (χ1n) is 9.50. The van der Waals surface area contributed by atoms with Gasteiger partial charge in [0.05, 0.1) is 17.1 Å². The van der Waals surface area contributed by atoms with E-state index in [-0.39, 0.29) is 9.94 Å². The summed E-state index contributed by atoms with van der Waals surface area (Å²) in [5.41, 5.74) is 1.48. The summed E-state index contributed by atoms with van der Waals surface area (Å²) in [6, 6.07) is 16.4. The zero-order chi connectivity index (χ0) is 19.7. The van der Waals surface area contributed by atoms with E-state index in [1.807, 2.05) is 30.3 Å². The summed E-state index contributed by atoms with van der Waals surface area (Å²) in [4.78, 5) is 14.8. The van der Waals surface area contributed by atoms with Crippen molar-refractivity contribution in [3.8, 4) is 0 Å². The molecule has 0 aliphatic carbocycles. The molecule has 2 aromatic carbocycles. The van der Waals surface area contributed by atoms with Gasteiger partial charge in [-0.3, -0.25) is 9.80 Å². The lowest BCUT2D eigenvalue weighted by molar-refractivity contribution is -0.125. The maximum absolute atomic E-state index is 13.1. The number of likely N-dealkylation sites (tertiary alicyclic amines) is 1. The van der Waals surface area contributed by atoms with Gasteiger partial charge in [0.2, 0.25) is 14.9 Å². The molecule has 0 unspecified atom stereocenters. The minimum Gasteiger partial charge on any atom is -0.337 e. The van der Waals surface area contributed by atoms with Gasteiger partial charge in [-0.15, -0.1) is 0 Å². The predicted molar refractivity (Wildman–Crippen MR) is 109 cm³/mol. The molecule has 4 rings (SSSR count). The largest absolute Gasteiger partial charge is 0.337 e. The first-order valence-corrected chi connectivity index (χ1v) is 11.0. The van der Waals surface area contributed by atoms with Gasteiger partial charge in [-0.2, -0.15) is 5.10 Å². The van der Waals surface area contributed by atoms with Gasteiger partial charge in [0.1, 0.15) is 0 Å². The molecule has 28 heavy (non-hydrogen) atoms. The van der Waals surface area contributed by atoms with Gasteiger partial charge in [0.25, 0.3) is 5.91 Å². The smallest absolute Gasteiger partial charge is 0.286 e. The number of anilines is 1. The van der Waals surface area contributed by atoms with Crippen LogP contribution in [-0.2, 0) is 21.2 Å². The van der Waals surface area contributed by atoms with E-state index in [2.05, 4.69) is 12.0 Å². The Morgan fingerprint density at radius 1 is 1.04 bits per heavy atom. The van der Waals surface area contributed by atoms with Gasteiger partial charge in [0, 0.05) is 13.1 Å². The summed E-state index contributed by atoms with van der Waals surface area (Å²) in [6.07, 6.45) is 1.76. The molecule has 0 N–H and O–H groups in total. The molecule has 1 amide bonds. The minimum atomic E-state index is -3.95. The summed E-state index contributed by atoms with van der Waals surface area (Å²) >= 11 is 0. The van der Waals surface area contributed by atoms with E-state index in [9.17, 15) is 13.2 Å². The topological polar surface area (TPSA) is 70.1 Å². The summed E-state index contributed by atoms with van der Waals surface area (Å²) in [5.74, 6) is 0.0451. The molecular formula is C21H23N3O3S. The number of fused-ring (bicyclic) bond motifs is 1. The van der Waals surface area contributed by atoms with Gasteiger partial charge in [-0.25, -0.2) is 8.42 Å². The van der Waals surface area contributed by atoms with Crippen molar-refractivity contribution in [3.05, 3.63) is 60.2 Å². The number of carbonyl (C=O) groups excluding carboxylic acids is 1. The molecule has 1 fully saturated rings. The van der Waals surface area contributed by atoms with Crippen molar-refractivity contribution in [2.24, 2.45) is 11.0 Å². The second-order valence-corrected chi connectivity index (χ2v) is 9.23. The van der Waals surface area contributed by atoms with Gasteiger partial charge >= 0.3 is 0 Å². The number of carbonyl (C=O) groups is 1. The van der Waals surface area contributed by atoms with Crippen molar-refractivity contribution in [1.82, 2.24) is 4.90 Å². The van der Waals surface area contributed by atoms with Crippen molar-refractivity contribution in [1.29, 1.82) is 0 Å². The Bertz CT molecular complexity index is 1010. The molecule has 0 radical (unpaired) electrons. The van der Waals surface area contributed by atoms with Crippen molar-refractivity contribution in [2.45, 2.75) is 31.2 Å². The van der Waals surface area contributed by atoms with E-state index in [0.717, 1.165) is 18.4 Å². The molecule has 0 aromatic heterocycles. The molecule has 7 heteroatoms. The third kappa shape index (κ3) is 3.42. The highest BCUT2D eigenvalue weighted by Crippen LogP contribution is 2.33. The van der Waals surface area contributed by atoms with Crippen LogP contribution in [0.2, 0.25) is 0 Å². The fraction of sp³-hybridized carbons (Fsp3) is 0.333. The van der Waals surface area contributed by atoms with Crippen LogP contribution in [0, 0.1) is 5.92 Å². The number of hydrogen-bond donors (Lipinski definition) is 0. The van der Waals surface area contributed by atoms with Crippen LogP contribution in [0.1, 0.15) is 25.3 Å². The van der Waals surface area contributed by atoms with Crippen molar-refractivity contribution >= 4 is 26.5 Å². The number of para-hydroxylation sites is 1. The lowest BCUT2D eigenvalue weighted by Gasteiger charge is -2.32. The molecule has 1 saturated heterocycles. The fourth-order valence-electron chi connectivity index (χ4n) is 3.60. The van der Waals surface area contributed by atoms with Crippen LogP contribution in [0.5, 0.6) is 0 Å². The molecule has 2 heterocycles. The average molecular weight is 398 g/mol. The lowest BCUT2D eigenvalue weighted by atomic mass is 9.99. The maximum atomic E-state index is 13.1. The quantitative estimate of drug-likeness (QED) is 0.798. The number of nitrogens with zero attached hydrogens (tertiary/aromatic N) is 3. The molecular weight excluding hydrogens is 374 g/mol. The van der Waals surface area contributed by atoms with Gasteiger partial charge in [-0.1, -0.05) is 49.4 Å². The van der Waals surface area contributed by atoms with Crippen LogP contribution in [0.3, 0.4) is 0 Å². The van der Waals surface area contributed by atoms with Crippen molar-refractivity contribution in [3.63, 3.8) is 0 Å². The normalized spacial score (nSPS) is 19.1. The van der Waals surface area contributed by atoms with Crippen molar-refractivity contribution < 1.29 is 13.2 Å². The molecule has 146 valence electrons. The van der Waals surface area contributed by atoms with E-state index in [4.69, 9.17) is 0 Å². The van der Waals surface area contributed by atoms with Gasteiger partial charge in [0.15, 0.2) is 0 Å². The Morgan fingerprint density at radius 3 is 2.39 bits per heavy atom. The van der Waals surface area contributed by atoms with Crippen LogP contribution in [-0.4, -0.2) is 37.4 Å². The number of hydrogen-bond acceptors (Lipinski definition) is 5. The Morgan fingerprint density at radius 2 is 1.68 bits per heavy atom. The Balaban J connectivity index is 1.73. The zero-order valence-electron chi connectivity index (χ0n) is 15.8. The van der Waals surface area contributed by atoms with E-state index in [0.29, 0.717) is 31.2 Å². The second-order valence-electron chi connectivity index (χ2n) is 7.39. The molecule has 6 nitrogen and oxygen atoms in total. The zero-order valence-corrected chi connectivity index (χ0v) is 16.6. The van der Waals surface area contributed by atoms with Gasteiger partial charge < -0.3 is 4.90 Å². The van der Waals surface area contributed by atoms with E-state index in [1.165, 1.54) is 0 Å². The first-order chi connectivity index (χ1) is 13.5. The molecule has 2 aliphatic rings. The standard InChI is InChI=1S/C21H23N3O3S/c1-16-11-13-23(14-12-16)21(25)20-22-24(15-17-7-3-2-4-8-17)18-9-5-6-10-19(18)28(20,26)27/h2-10,16H,11-15H2,1H3. The Hall–Kier alpha value is -2.67. The summed E-state index contributed by atoms with van der Waals surface area (Å²) in [5, 5.41) is 5.57. The van der Waals surface area contributed by atoms with E-state index >= 15 is 0 Å². The second kappa shape index (κ2) is 7.39. The van der Waals surface area contributed by atoms with Crippen LogP contribution >= 0.6 is 0 Å². The molecule has 0 bridgehead atoms. The average Bonchev–Trinajstić information content (AvgIpc) is 2.71. The number of sulfone groups is 1. The monoisotopic (exact) mass is 397 g/mol. The third-order valence-electron chi connectivity index (χ3n) is 5.33. The van der Waals surface area contributed by atoms with Crippen LogP contribution in [0.15, 0.2) is 64.6 Å². The SMILES string of the molecule is CC1CCN(C(=O)C2=NN(Cc3ccccc3)c3ccccc3S2(=O)=O)CC1. The first kappa shape index (κ1) is 18.7. The highest BCUT2D eigenvalue weighted by Gasteiger charge is 2.39. The fourth-order valence-corrected chi connectivity index (χ4v) is 5.08. The highest BCUT2D eigenvalue weighted by molar-refractivity contribution is 8.08.